The number of aliphatic carboxylic acids is 1. The van der Waals surface area contributed by atoms with Crippen molar-refractivity contribution in [3.63, 3.8) is 0 Å². The molecule has 138 valence electrons. The molecule has 2 aromatic heterocycles. The molecule has 0 unspecified atom stereocenters. The Kier molecular flexibility index (Phi) is 4.98. The van der Waals surface area contributed by atoms with E-state index in [1.165, 1.54) is 11.6 Å². The number of rotatable bonds is 7. The van der Waals surface area contributed by atoms with E-state index in [0.29, 0.717) is 23.1 Å². The molecule has 0 fully saturated rings. The van der Waals surface area contributed by atoms with Gasteiger partial charge in [-0.1, -0.05) is 6.08 Å². The summed E-state index contributed by atoms with van der Waals surface area (Å²) < 4.78 is 7.05. The predicted molar refractivity (Wildman–Crippen MR) is 98.1 cm³/mol. The van der Waals surface area contributed by atoms with E-state index in [1.807, 2.05) is 6.92 Å². The van der Waals surface area contributed by atoms with Crippen LogP contribution in [-0.2, 0) is 17.8 Å². The molecule has 0 aliphatic rings. The maximum atomic E-state index is 12.0. The standard InChI is InChI=1S/C19H18N4O4/c1-4-5-13-6-14(27-19-20-8-11(2)9-21-19)7-15-17(12(3)24)22-23(18(13)15)10-16(25)26/h4,6-9H,1,5,10H2,2-3H3,(H,25,26). The molecule has 0 spiro atoms. The van der Waals surface area contributed by atoms with Gasteiger partial charge in [-0.15, -0.1) is 6.58 Å². The Balaban J connectivity index is 2.17. The largest absolute Gasteiger partial charge is 0.480 e. The number of fused-ring (bicyclic) bond motifs is 1. The number of Topliss-reactive ketones (excluding diaryl/α,β-unsaturated/α-hetero) is 1. The van der Waals surface area contributed by atoms with Crippen LogP contribution in [0.15, 0.2) is 37.2 Å². The number of hydrogen-bond acceptors (Lipinski definition) is 6. The Bertz CT molecular complexity index is 1040. The minimum Gasteiger partial charge on any atom is -0.480 e. The first-order chi connectivity index (χ1) is 12.9. The van der Waals surface area contributed by atoms with E-state index in [0.717, 1.165) is 11.1 Å². The van der Waals surface area contributed by atoms with E-state index in [1.54, 1.807) is 30.6 Å². The van der Waals surface area contributed by atoms with Crippen molar-refractivity contribution in [1.82, 2.24) is 19.7 Å². The van der Waals surface area contributed by atoms with E-state index in [2.05, 4.69) is 21.6 Å². The van der Waals surface area contributed by atoms with Crippen molar-refractivity contribution in [3.05, 3.63) is 54.0 Å². The quantitative estimate of drug-likeness (QED) is 0.506. The van der Waals surface area contributed by atoms with Gasteiger partial charge in [-0.2, -0.15) is 5.10 Å². The Morgan fingerprint density at radius 2 is 2.00 bits per heavy atom. The van der Waals surface area contributed by atoms with Crippen LogP contribution in [0.25, 0.3) is 10.9 Å². The number of nitrogens with zero attached hydrogens (tertiary/aromatic N) is 4. The summed E-state index contributed by atoms with van der Waals surface area (Å²) in [6, 6.07) is 3.57. The molecular weight excluding hydrogens is 348 g/mol. The number of carbonyl (C=O) groups is 2. The molecule has 0 saturated carbocycles. The third-order valence-corrected chi connectivity index (χ3v) is 3.85. The summed E-state index contributed by atoms with van der Waals surface area (Å²) in [7, 11) is 0. The third-order valence-electron chi connectivity index (χ3n) is 3.85. The number of carboxylic acid groups (broad SMARTS) is 1. The average molecular weight is 366 g/mol. The molecule has 0 atom stereocenters. The van der Waals surface area contributed by atoms with E-state index in [-0.39, 0.29) is 24.0 Å². The summed E-state index contributed by atoms with van der Waals surface area (Å²) in [6.45, 7) is 6.64. The molecule has 0 amide bonds. The van der Waals surface area contributed by atoms with Gasteiger partial charge in [-0.3, -0.25) is 14.3 Å². The van der Waals surface area contributed by atoms with Gasteiger partial charge in [0.15, 0.2) is 5.78 Å². The number of aromatic nitrogens is 4. The fourth-order valence-electron chi connectivity index (χ4n) is 2.79. The maximum absolute atomic E-state index is 12.0. The van der Waals surface area contributed by atoms with Crippen LogP contribution in [0.4, 0.5) is 0 Å². The topological polar surface area (TPSA) is 107 Å². The average Bonchev–Trinajstić information content (AvgIpc) is 2.95. The van der Waals surface area contributed by atoms with Gasteiger partial charge < -0.3 is 9.84 Å². The number of allylic oxidation sites excluding steroid dienone is 1. The van der Waals surface area contributed by atoms with Crippen LogP contribution in [0, 0.1) is 6.92 Å². The van der Waals surface area contributed by atoms with Gasteiger partial charge in [-0.05, 0) is 36.6 Å². The molecule has 2 heterocycles. The van der Waals surface area contributed by atoms with Crippen molar-refractivity contribution in [1.29, 1.82) is 0 Å². The summed E-state index contributed by atoms with van der Waals surface area (Å²) in [6.07, 6.45) is 5.41. The fourth-order valence-corrected chi connectivity index (χ4v) is 2.79. The van der Waals surface area contributed by atoms with Crippen LogP contribution in [0.3, 0.4) is 0 Å². The van der Waals surface area contributed by atoms with Crippen molar-refractivity contribution >= 4 is 22.7 Å². The lowest BCUT2D eigenvalue weighted by Gasteiger charge is -2.09. The van der Waals surface area contributed by atoms with Gasteiger partial charge >= 0.3 is 12.0 Å². The molecule has 3 aromatic rings. The predicted octanol–water partition coefficient (Wildman–Crippen LogP) is 2.94. The zero-order valence-electron chi connectivity index (χ0n) is 15.0. The number of aryl methyl sites for hydroxylation is 1. The molecule has 8 nitrogen and oxygen atoms in total. The number of carboxylic acids is 1. The molecular formula is C19H18N4O4. The summed E-state index contributed by atoms with van der Waals surface area (Å²) in [5.74, 6) is -0.884. The van der Waals surface area contributed by atoms with Crippen molar-refractivity contribution in [2.75, 3.05) is 0 Å². The zero-order valence-corrected chi connectivity index (χ0v) is 15.0. The molecule has 0 aliphatic heterocycles. The first kappa shape index (κ1) is 18.2. The van der Waals surface area contributed by atoms with Crippen molar-refractivity contribution in [2.24, 2.45) is 0 Å². The number of hydrogen-bond donors (Lipinski definition) is 1. The summed E-state index contributed by atoms with van der Waals surface area (Å²) >= 11 is 0. The molecule has 3 rings (SSSR count). The highest BCUT2D eigenvalue weighted by molar-refractivity contribution is 6.06. The summed E-state index contributed by atoms with van der Waals surface area (Å²) in [4.78, 5) is 31.4. The van der Waals surface area contributed by atoms with E-state index < -0.39 is 5.97 Å². The number of benzene rings is 1. The molecule has 27 heavy (non-hydrogen) atoms. The van der Waals surface area contributed by atoms with Crippen LogP contribution in [0.1, 0.15) is 28.5 Å². The van der Waals surface area contributed by atoms with Crippen molar-refractivity contribution < 1.29 is 19.4 Å². The van der Waals surface area contributed by atoms with Gasteiger partial charge in [-0.25, -0.2) is 9.97 Å². The molecule has 0 aliphatic carbocycles. The van der Waals surface area contributed by atoms with Crippen LogP contribution in [0.2, 0.25) is 0 Å². The van der Waals surface area contributed by atoms with E-state index in [4.69, 9.17) is 9.84 Å². The van der Waals surface area contributed by atoms with Gasteiger partial charge in [0.1, 0.15) is 18.0 Å². The fraction of sp³-hybridized carbons (Fsp3) is 0.211. The Morgan fingerprint density at radius 1 is 1.30 bits per heavy atom. The highest BCUT2D eigenvalue weighted by atomic mass is 16.5. The number of carbonyl (C=O) groups excluding carboxylic acids is 1. The van der Waals surface area contributed by atoms with Gasteiger partial charge in [0, 0.05) is 24.7 Å². The van der Waals surface area contributed by atoms with Crippen LogP contribution >= 0.6 is 0 Å². The minimum atomic E-state index is -1.05. The first-order valence-corrected chi connectivity index (χ1v) is 8.22. The highest BCUT2D eigenvalue weighted by Gasteiger charge is 2.20. The Morgan fingerprint density at radius 3 is 2.59 bits per heavy atom. The lowest BCUT2D eigenvalue weighted by atomic mass is 10.0. The normalized spacial score (nSPS) is 10.7. The number of ketones is 1. The van der Waals surface area contributed by atoms with Crippen molar-refractivity contribution in [2.45, 2.75) is 26.8 Å². The first-order valence-electron chi connectivity index (χ1n) is 8.22. The Labute approximate surface area is 155 Å². The van der Waals surface area contributed by atoms with Crippen LogP contribution < -0.4 is 4.74 Å². The SMILES string of the molecule is C=CCc1cc(Oc2ncc(C)cn2)cc2c(C(C)=O)nn(CC(=O)O)c12. The second-order valence-corrected chi connectivity index (χ2v) is 6.07. The third kappa shape index (κ3) is 3.84. The molecule has 0 bridgehead atoms. The van der Waals surface area contributed by atoms with Gasteiger partial charge in [0.2, 0.25) is 0 Å². The Hall–Kier alpha value is -3.55. The number of ether oxygens (including phenoxy) is 1. The molecule has 0 saturated heterocycles. The van der Waals surface area contributed by atoms with Crippen LogP contribution in [-0.4, -0.2) is 36.6 Å². The maximum Gasteiger partial charge on any atom is 0.325 e. The monoisotopic (exact) mass is 366 g/mol. The lowest BCUT2D eigenvalue weighted by molar-refractivity contribution is -0.137. The summed E-state index contributed by atoms with van der Waals surface area (Å²) in [5, 5.41) is 13.9. The summed E-state index contributed by atoms with van der Waals surface area (Å²) in [5.41, 5.74) is 2.40. The van der Waals surface area contributed by atoms with E-state index >= 15 is 0 Å². The van der Waals surface area contributed by atoms with Gasteiger partial charge in [0.05, 0.1) is 5.52 Å². The molecule has 8 heteroatoms. The molecule has 1 aromatic carbocycles. The second-order valence-electron chi connectivity index (χ2n) is 6.07. The molecule has 0 radical (unpaired) electrons. The zero-order chi connectivity index (χ0) is 19.6. The van der Waals surface area contributed by atoms with E-state index in [9.17, 15) is 9.59 Å². The van der Waals surface area contributed by atoms with Crippen molar-refractivity contribution in [3.8, 4) is 11.8 Å². The smallest absolute Gasteiger partial charge is 0.325 e. The lowest BCUT2D eigenvalue weighted by Crippen LogP contribution is -2.11. The highest BCUT2D eigenvalue weighted by Crippen LogP contribution is 2.31. The van der Waals surface area contributed by atoms with Gasteiger partial charge in [0.25, 0.3) is 0 Å². The minimum absolute atomic E-state index is 0.173. The van der Waals surface area contributed by atoms with Crippen LogP contribution in [0.5, 0.6) is 11.8 Å². The second kappa shape index (κ2) is 7.36. The molecule has 1 N–H and O–H groups in total.